The molecule has 4 nitrogen and oxygen atoms in total. The summed E-state index contributed by atoms with van der Waals surface area (Å²) in [6, 6.07) is 25.5. The van der Waals surface area contributed by atoms with Crippen molar-refractivity contribution < 1.29 is 4.42 Å². The summed E-state index contributed by atoms with van der Waals surface area (Å²) in [6.07, 6.45) is 1.80. The number of thiocarbonyl (C=S) groups is 1. The van der Waals surface area contributed by atoms with Gasteiger partial charge in [-0.3, -0.25) is 4.98 Å². The Bertz CT molecular complexity index is 1230. The van der Waals surface area contributed by atoms with Crippen LogP contribution in [0.5, 0.6) is 0 Å². The lowest BCUT2D eigenvalue weighted by atomic mass is 10.0. The zero-order valence-electron chi connectivity index (χ0n) is 16.8. The molecule has 154 valence electrons. The largest absolute Gasteiger partial charge is 0.459 e. The maximum Gasteiger partial charge on any atom is 0.174 e. The van der Waals surface area contributed by atoms with Gasteiger partial charge in [-0.2, -0.15) is 0 Å². The number of pyridine rings is 1. The minimum absolute atomic E-state index is 0.145. The molecule has 2 atom stereocenters. The van der Waals surface area contributed by atoms with Gasteiger partial charge in [-0.15, -0.1) is 0 Å². The Kier molecular flexibility index (Phi) is 5.22. The highest BCUT2D eigenvalue weighted by Crippen LogP contribution is 2.43. The number of hydrogen-bond acceptors (Lipinski definition) is 3. The second kappa shape index (κ2) is 8.17. The molecule has 1 saturated heterocycles. The molecule has 1 aliphatic heterocycles. The normalized spacial score (nSPS) is 18.3. The van der Waals surface area contributed by atoms with Crippen molar-refractivity contribution in [3.05, 3.63) is 107 Å². The molecular weight excluding hydrogens is 426 g/mol. The first-order valence-corrected chi connectivity index (χ1v) is 10.8. The molecule has 2 aromatic carbocycles. The summed E-state index contributed by atoms with van der Waals surface area (Å²) in [5, 5.41) is 4.77. The highest BCUT2D eigenvalue weighted by atomic mass is 35.5. The monoisotopic (exact) mass is 445 g/mol. The predicted octanol–water partition coefficient (Wildman–Crippen LogP) is 6.48. The summed E-state index contributed by atoms with van der Waals surface area (Å²) in [7, 11) is 0. The SMILES string of the molecule is Cc1ccc(Cl)cc1-c1ccc([C@@H]2[C@@H](c3ccccn3)NC(=S)N2c2ccccc2)o1. The predicted molar refractivity (Wildman–Crippen MR) is 128 cm³/mol. The first-order chi connectivity index (χ1) is 15.1. The Balaban J connectivity index is 1.61. The van der Waals surface area contributed by atoms with Crippen LogP contribution >= 0.6 is 23.8 Å². The Morgan fingerprint density at radius 1 is 1.00 bits per heavy atom. The molecular formula is C25H20ClN3OS. The molecule has 0 radical (unpaired) electrons. The summed E-state index contributed by atoms with van der Waals surface area (Å²) in [4.78, 5) is 6.68. The van der Waals surface area contributed by atoms with E-state index in [9.17, 15) is 0 Å². The zero-order chi connectivity index (χ0) is 21.4. The van der Waals surface area contributed by atoms with Crippen LogP contribution in [0, 0.1) is 6.92 Å². The van der Waals surface area contributed by atoms with Gasteiger partial charge in [-0.05, 0) is 73.2 Å². The van der Waals surface area contributed by atoms with E-state index in [4.69, 9.17) is 28.2 Å². The van der Waals surface area contributed by atoms with Crippen LogP contribution in [0.3, 0.4) is 0 Å². The van der Waals surface area contributed by atoms with Gasteiger partial charge in [0.15, 0.2) is 5.11 Å². The molecule has 0 saturated carbocycles. The third-order valence-electron chi connectivity index (χ3n) is 5.52. The van der Waals surface area contributed by atoms with E-state index in [-0.39, 0.29) is 12.1 Å². The number of para-hydroxylation sites is 1. The van der Waals surface area contributed by atoms with Crippen LogP contribution in [-0.2, 0) is 0 Å². The first kappa shape index (κ1) is 19.8. The van der Waals surface area contributed by atoms with Crippen molar-refractivity contribution in [2.75, 3.05) is 4.90 Å². The molecule has 6 heteroatoms. The van der Waals surface area contributed by atoms with Crippen LogP contribution in [0.4, 0.5) is 5.69 Å². The van der Waals surface area contributed by atoms with Gasteiger partial charge >= 0.3 is 0 Å². The molecule has 3 heterocycles. The number of benzene rings is 2. The molecule has 0 bridgehead atoms. The van der Waals surface area contributed by atoms with Gasteiger partial charge < -0.3 is 14.6 Å². The Morgan fingerprint density at radius 3 is 2.58 bits per heavy atom. The van der Waals surface area contributed by atoms with Crippen molar-refractivity contribution in [3.63, 3.8) is 0 Å². The molecule has 2 aromatic heterocycles. The van der Waals surface area contributed by atoms with Gasteiger partial charge in [0, 0.05) is 22.5 Å². The van der Waals surface area contributed by atoms with Gasteiger partial charge in [0.05, 0.1) is 11.7 Å². The Morgan fingerprint density at radius 2 is 1.81 bits per heavy atom. The van der Waals surface area contributed by atoms with Crippen LogP contribution in [0.15, 0.2) is 89.5 Å². The van der Waals surface area contributed by atoms with Crippen molar-refractivity contribution in [1.82, 2.24) is 10.3 Å². The van der Waals surface area contributed by atoms with Crippen molar-refractivity contribution in [2.45, 2.75) is 19.0 Å². The van der Waals surface area contributed by atoms with Gasteiger partial charge in [-0.1, -0.05) is 41.9 Å². The third kappa shape index (κ3) is 3.71. The minimum atomic E-state index is -0.182. The van der Waals surface area contributed by atoms with E-state index >= 15 is 0 Å². The van der Waals surface area contributed by atoms with Crippen LogP contribution in [0.25, 0.3) is 11.3 Å². The average molecular weight is 446 g/mol. The maximum atomic E-state index is 6.41. The zero-order valence-corrected chi connectivity index (χ0v) is 18.4. The molecule has 4 aromatic rings. The van der Waals surface area contributed by atoms with E-state index in [1.807, 2.05) is 85.8 Å². The number of aryl methyl sites for hydroxylation is 1. The van der Waals surface area contributed by atoms with E-state index < -0.39 is 0 Å². The highest BCUT2D eigenvalue weighted by Gasteiger charge is 2.42. The number of furan rings is 1. The second-order valence-corrected chi connectivity index (χ2v) is 8.32. The van der Waals surface area contributed by atoms with E-state index in [2.05, 4.69) is 15.2 Å². The number of nitrogens with zero attached hydrogens (tertiary/aromatic N) is 2. The van der Waals surface area contributed by atoms with Gasteiger partial charge in [-0.25, -0.2) is 0 Å². The van der Waals surface area contributed by atoms with Gasteiger partial charge in [0.1, 0.15) is 17.6 Å². The summed E-state index contributed by atoms with van der Waals surface area (Å²) in [5.74, 6) is 1.59. The Labute approximate surface area is 191 Å². The molecule has 0 unspecified atom stereocenters. The average Bonchev–Trinajstić information content (AvgIpc) is 3.41. The fourth-order valence-corrected chi connectivity index (χ4v) is 4.54. The number of anilines is 1. The van der Waals surface area contributed by atoms with E-state index in [1.165, 1.54) is 0 Å². The summed E-state index contributed by atoms with van der Waals surface area (Å²) in [6.45, 7) is 2.05. The van der Waals surface area contributed by atoms with Gasteiger partial charge in [0.2, 0.25) is 0 Å². The van der Waals surface area contributed by atoms with E-state index in [1.54, 1.807) is 6.20 Å². The molecule has 0 spiro atoms. The molecule has 1 N–H and O–H groups in total. The number of nitrogens with one attached hydrogen (secondary N) is 1. The topological polar surface area (TPSA) is 41.3 Å². The third-order valence-corrected chi connectivity index (χ3v) is 6.07. The number of halogens is 1. The molecule has 0 amide bonds. The summed E-state index contributed by atoms with van der Waals surface area (Å²) in [5.41, 5.74) is 3.99. The van der Waals surface area contributed by atoms with E-state index in [0.29, 0.717) is 10.1 Å². The van der Waals surface area contributed by atoms with Crippen LogP contribution < -0.4 is 10.2 Å². The number of rotatable bonds is 4. The van der Waals surface area contributed by atoms with Crippen molar-refractivity contribution in [2.24, 2.45) is 0 Å². The Hall–Kier alpha value is -3.15. The lowest BCUT2D eigenvalue weighted by Crippen LogP contribution is -2.29. The summed E-state index contributed by atoms with van der Waals surface area (Å²) >= 11 is 12.0. The highest BCUT2D eigenvalue weighted by molar-refractivity contribution is 7.80. The fourth-order valence-electron chi connectivity index (χ4n) is 4.03. The standard InChI is InChI=1S/C25H20ClN3OS/c1-16-10-11-17(26)15-19(16)21-12-13-22(30-21)24-23(20-9-5-6-14-27-20)28-25(31)29(24)18-7-3-2-4-8-18/h2-15,23-24H,1H3,(H,28,31)/t23-,24-/m1/s1. The first-order valence-electron chi connectivity index (χ1n) is 10.0. The van der Waals surface area contributed by atoms with Crippen molar-refractivity contribution in [1.29, 1.82) is 0 Å². The van der Waals surface area contributed by atoms with Crippen LogP contribution in [0.1, 0.15) is 29.1 Å². The van der Waals surface area contributed by atoms with E-state index in [0.717, 1.165) is 34.0 Å². The second-order valence-electron chi connectivity index (χ2n) is 7.49. The fraction of sp³-hybridized carbons (Fsp3) is 0.120. The minimum Gasteiger partial charge on any atom is -0.459 e. The quantitative estimate of drug-likeness (QED) is 0.364. The lowest BCUT2D eigenvalue weighted by molar-refractivity contribution is 0.439. The van der Waals surface area contributed by atoms with Crippen molar-refractivity contribution in [3.8, 4) is 11.3 Å². The van der Waals surface area contributed by atoms with Crippen molar-refractivity contribution >= 4 is 34.6 Å². The maximum absolute atomic E-state index is 6.41. The lowest BCUT2D eigenvalue weighted by Gasteiger charge is -2.26. The summed E-state index contributed by atoms with van der Waals surface area (Å²) < 4.78 is 6.41. The van der Waals surface area contributed by atoms with Crippen LogP contribution in [-0.4, -0.2) is 10.1 Å². The molecule has 1 aliphatic rings. The molecule has 31 heavy (non-hydrogen) atoms. The van der Waals surface area contributed by atoms with Crippen LogP contribution in [0.2, 0.25) is 5.02 Å². The molecule has 5 rings (SSSR count). The molecule has 0 aliphatic carbocycles. The smallest absolute Gasteiger partial charge is 0.174 e. The number of aromatic nitrogens is 1. The van der Waals surface area contributed by atoms with Gasteiger partial charge in [0.25, 0.3) is 0 Å². The number of hydrogen-bond donors (Lipinski definition) is 1. The molecule has 1 fully saturated rings.